The van der Waals surface area contributed by atoms with Crippen molar-refractivity contribution < 1.29 is 34.1 Å². The van der Waals surface area contributed by atoms with Crippen LogP contribution in [-0.2, 0) is 23.9 Å². The Morgan fingerprint density at radius 2 is 1.83 bits per heavy atom. The number of methoxy groups -OCH3 is 2. The minimum atomic E-state index is -1.69. The Hall–Kier alpha value is -2.41. The van der Waals surface area contributed by atoms with Crippen LogP contribution in [0.4, 0.5) is 0 Å². The molecule has 0 amide bonds. The standard InChI is InChI=1S/C17H20O7/c1-17(22)8-11(19)13(15(20)23-2)12(14(17)16(21)24-3)9-5-4-6-10(18)7-9/h4-7,12-14,18,22H,8H2,1-3H3/t12-,13-,14-,17-/m0/s1. The predicted molar refractivity (Wildman–Crippen MR) is 82.1 cm³/mol. The van der Waals surface area contributed by atoms with Gasteiger partial charge in [-0.15, -0.1) is 0 Å². The van der Waals surface area contributed by atoms with E-state index in [4.69, 9.17) is 9.47 Å². The van der Waals surface area contributed by atoms with E-state index >= 15 is 0 Å². The van der Waals surface area contributed by atoms with Crippen LogP contribution in [0.5, 0.6) is 5.75 Å². The molecule has 24 heavy (non-hydrogen) atoms. The molecule has 0 aliphatic heterocycles. The summed E-state index contributed by atoms with van der Waals surface area (Å²) in [5.74, 6) is -5.58. The fourth-order valence-electron chi connectivity index (χ4n) is 3.40. The van der Waals surface area contributed by atoms with Crippen molar-refractivity contribution in [3.63, 3.8) is 0 Å². The molecule has 0 bridgehead atoms. The first-order valence-electron chi connectivity index (χ1n) is 7.42. The van der Waals surface area contributed by atoms with Crippen molar-refractivity contribution in [3.05, 3.63) is 29.8 Å². The van der Waals surface area contributed by atoms with Gasteiger partial charge in [-0.3, -0.25) is 14.4 Å². The second-order valence-corrected chi connectivity index (χ2v) is 6.12. The molecule has 2 rings (SSSR count). The van der Waals surface area contributed by atoms with E-state index in [2.05, 4.69) is 0 Å². The maximum absolute atomic E-state index is 12.5. The molecule has 1 aromatic rings. The average molecular weight is 336 g/mol. The Labute approximate surface area is 139 Å². The number of ketones is 1. The summed E-state index contributed by atoms with van der Waals surface area (Å²) in [4.78, 5) is 36.9. The summed E-state index contributed by atoms with van der Waals surface area (Å²) in [6, 6.07) is 5.88. The topological polar surface area (TPSA) is 110 Å². The molecule has 1 aliphatic rings. The number of rotatable bonds is 3. The lowest BCUT2D eigenvalue weighted by atomic mass is 9.61. The molecular weight excluding hydrogens is 316 g/mol. The first-order chi connectivity index (χ1) is 11.2. The first kappa shape index (κ1) is 17.9. The molecule has 0 spiro atoms. The summed E-state index contributed by atoms with van der Waals surface area (Å²) in [6.45, 7) is 1.36. The molecule has 1 fully saturated rings. The van der Waals surface area contributed by atoms with Gasteiger partial charge in [-0.05, 0) is 24.6 Å². The van der Waals surface area contributed by atoms with Crippen LogP contribution in [0.3, 0.4) is 0 Å². The number of phenolic OH excluding ortho intramolecular Hbond substituents is 1. The number of Topliss-reactive ketones (excluding diaryl/α,β-unsaturated/α-hetero) is 1. The zero-order valence-electron chi connectivity index (χ0n) is 13.7. The Kier molecular flexibility index (Phi) is 4.94. The average Bonchev–Trinajstić information content (AvgIpc) is 2.52. The molecule has 1 saturated carbocycles. The molecule has 4 atom stereocenters. The Morgan fingerprint density at radius 3 is 2.38 bits per heavy atom. The lowest BCUT2D eigenvalue weighted by Crippen LogP contribution is -2.55. The van der Waals surface area contributed by atoms with Crippen molar-refractivity contribution >= 4 is 17.7 Å². The molecule has 0 heterocycles. The molecule has 7 heteroatoms. The summed E-state index contributed by atoms with van der Waals surface area (Å²) in [5.41, 5.74) is -1.32. The molecule has 7 nitrogen and oxygen atoms in total. The van der Waals surface area contributed by atoms with E-state index in [1.165, 1.54) is 32.2 Å². The summed E-state index contributed by atoms with van der Waals surface area (Å²) < 4.78 is 9.50. The van der Waals surface area contributed by atoms with Crippen LogP contribution in [0.1, 0.15) is 24.8 Å². The van der Waals surface area contributed by atoms with Gasteiger partial charge in [0.05, 0.1) is 25.7 Å². The fraction of sp³-hybridized carbons (Fsp3) is 0.471. The number of ether oxygens (including phenoxy) is 2. The van der Waals surface area contributed by atoms with E-state index in [0.717, 1.165) is 7.11 Å². The van der Waals surface area contributed by atoms with E-state index < -0.39 is 41.1 Å². The second-order valence-electron chi connectivity index (χ2n) is 6.12. The molecular formula is C17H20O7. The van der Waals surface area contributed by atoms with Gasteiger partial charge < -0.3 is 19.7 Å². The van der Waals surface area contributed by atoms with E-state index in [0.29, 0.717) is 5.56 Å². The monoisotopic (exact) mass is 336 g/mol. The molecule has 0 radical (unpaired) electrons. The highest BCUT2D eigenvalue weighted by Crippen LogP contribution is 2.47. The van der Waals surface area contributed by atoms with Gasteiger partial charge in [-0.25, -0.2) is 0 Å². The molecule has 0 saturated heterocycles. The van der Waals surface area contributed by atoms with Crippen molar-refractivity contribution in [1.29, 1.82) is 0 Å². The number of carbonyl (C=O) groups is 3. The van der Waals surface area contributed by atoms with Crippen molar-refractivity contribution in [3.8, 4) is 5.75 Å². The highest BCUT2D eigenvalue weighted by molar-refractivity contribution is 6.02. The van der Waals surface area contributed by atoms with Crippen LogP contribution in [0, 0.1) is 11.8 Å². The Bertz CT molecular complexity index is 665. The minimum absolute atomic E-state index is 0.0857. The quantitative estimate of drug-likeness (QED) is 0.620. The van der Waals surface area contributed by atoms with Gasteiger partial charge >= 0.3 is 11.9 Å². The molecule has 0 aromatic heterocycles. The number of hydrogen-bond acceptors (Lipinski definition) is 7. The molecule has 2 N–H and O–H groups in total. The van der Waals surface area contributed by atoms with Gasteiger partial charge in [0, 0.05) is 12.3 Å². The molecule has 130 valence electrons. The smallest absolute Gasteiger partial charge is 0.316 e. The maximum Gasteiger partial charge on any atom is 0.316 e. The summed E-state index contributed by atoms with van der Waals surface area (Å²) in [7, 11) is 2.32. The summed E-state index contributed by atoms with van der Waals surface area (Å²) >= 11 is 0. The summed E-state index contributed by atoms with van der Waals surface area (Å²) in [5, 5.41) is 20.4. The molecule has 1 aromatic carbocycles. The van der Waals surface area contributed by atoms with Crippen LogP contribution in [-0.4, -0.2) is 47.8 Å². The number of carbonyl (C=O) groups excluding carboxylic acids is 3. The van der Waals surface area contributed by atoms with E-state index in [1.807, 2.05) is 0 Å². The largest absolute Gasteiger partial charge is 0.508 e. The lowest BCUT2D eigenvalue weighted by molar-refractivity contribution is -0.170. The summed E-state index contributed by atoms with van der Waals surface area (Å²) in [6.07, 6.45) is -0.373. The highest BCUT2D eigenvalue weighted by atomic mass is 16.5. The van der Waals surface area contributed by atoms with Crippen molar-refractivity contribution in [2.24, 2.45) is 11.8 Å². The van der Waals surface area contributed by atoms with Gasteiger partial charge in [-0.1, -0.05) is 12.1 Å². The predicted octanol–water partition coefficient (Wildman–Crippen LogP) is 0.778. The third-order valence-corrected chi connectivity index (χ3v) is 4.43. The number of esters is 2. The van der Waals surface area contributed by atoms with Crippen molar-refractivity contribution in [2.75, 3.05) is 14.2 Å². The minimum Gasteiger partial charge on any atom is -0.508 e. The SMILES string of the molecule is COC(=O)[C@H]1C(=O)C[C@](C)(O)[C@H](C(=O)OC)[C@H]1c1cccc(O)c1. The van der Waals surface area contributed by atoms with Gasteiger partial charge in [0.15, 0.2) is 5.78 Å². The zero-order chi connectivity index (χ0) is 18.1. The Morgan fingerprint density at radius 1 is 1.21 bits per heavy atom. The number of hydrogen-bond donors (Lipinski definition) is 2. The zero-order valence-corrected chi connectivity index (χ0v) is 13.7. The molecule has 0 unspecified atom stereocenters. The normalized spacial score (nSPS) is 29.8. The Balaban J connectivity index is 2.65. The number of aliphatic hydroxyl groups is 1. The highest BCUT2D eigenvalue weighted by Gasteiger charge is 2.56. The van der Waals surface area contributed by atoms with Gasteiger partial charge in [-0.2, -0.15) is 0 Å². The fourth-order valence-corrected chi connectivity index (χ4v) is 3.40. The van der Waals surface area contributed by atoms with Crippen LogP contribution in [0.15, 0.2) is 24.3 Å². The number of benzene rings is 1. The maximum atomic E-state index is 12.5. The lowest BCUT2D eigenvalue weighted by Gasteiger charge is -2.43. The van der Waals surface area contributed by atoms with Gasteiger partial charge in [0.2, 0.25) is 0 Å². The van der Waals surface area contributed by atoms with E-state index in [-0.39, 0.29) is 12.2 Å². The second kappa shape index (κ2) is 6.60. The third kappa shape index (κ3) is 3.12. The van der Waals surface area contributed by atoms with Crippen LogP contribution in [0.25, 0.3) is 0 Å². The van der Waals surface area contributed by atoms with E-state index in [1.54, 1.807) is 6.07 Å². The number of phenols is 1. The third-order valence-electron chi connectivity index (χ3n) is 4.43. The van der Waals surface area contributed by atoms with Crippen LogP contribution < -0.4 is 0 Å². The van der Waals surface area contributed by atoms with Gasteiger partial charge in [0.25, 0.3) is 0 Å². The molecule has 1 aliphatic carbocycles. The van der Waals surface area contributed by atoms with E-state index in [9.17, 15) is 24.6 Å². The van der Waals surface area contributed by atoms with Gasteiger partial charge in [0.1, 0.15) is 11.7 Å². The van der Waals surface area contributed by atoms with Crippen molar-refractivity contribution in [1.82, 2.24) is 0 Å². The van der Waals surface area contributed by atoms with Crippen molar-refractivity contribution in [2.45, 2.75) is 24.9 Å². The number of aromatic hydroxyl groups is 1. The van der Waals surface area contributed by atoms with Crippen LogP contribution >= 0.6 is 0 Å². The van der Waals surface area contributed by atoms with Crippen LogP contribution in [0.2, 0.25) is 0 Å². The first-order valence-corrected chi connectivity index (χ1v) is 7.42.